The van der Waals surface area contributed by atoms with Crippen LogP contribution in [0.3, 0.4) is 0 Å². The van der Waals surface area contributed by atoms with E-state index >= 15 is 0 Å². The van der Waals surface area contributed by atoms with Gasteiger partial charge >= 0.3 is 11.9 Å². The Morgan fingerprint density at radius 2 is 1.07 bits per heavy atom. The normalized spacial score (nSPS) is 21.3. The van der Waals surface area contributed by atoms with E-state index in [9.17, 15) is 30.0 Å². The van der Waals surface area contributed by atoms with Crippen molar-refractivity contribution in [2.75, 3.05) is 19.8 Å². The number of allylic oxidation sites excluding steroid dienone is 12. The summed E-state index contributed by atoms with van der Waals surface area (Å²) in [6.45, 7) is 3.20. The molecule has 4 N–H and O–H groups in total. The largest absolute Gasteiger partial charge is 0.462 e. The van der Waals surface area contributed by atoms with Crippen LogP contribution < -0.4 is 0 Å². The summed E-state index contributed by atoms with van der Waals surface area (Å²) in [5.41, 5.74) is 0. The average Bonchev–Trinajstić information content (AvgIpc) is 3.18. The van der Waals surface area contributed by atoms with Crippen molar-refractivity contribution in [2.45, 2.75) is 179 Å². The third-order valence-electron chi connectivity index (χ3n) is 9.12. The first-order chi connectivity index (χ1) is 26.8. The van der Waals surface area contributed by atoms with E-state index in [-0.39, 0.29) is 26.1 Å². The van der Waals surface area contributed by atoms with Crippen molar-refractivity contribution in [3.8, 4) is 0 Å². The maximum atomic E-state index is 12.7. The molecule has 0 spiro atoms. The number of carbonyl (C=O) groups excluding carboxylic acids is 2. The summed E-state index contributed by atoms with van der Waals surface area (Å²) in [7, 11) is 0. The van der Waals surface area contributed by atoms with Crippen LogP contribution in [-0.2, 0) is 28.5 Å². The first kappa shape index (κ1) is 50.2. The van der Waals surface area contributed by atoms with Crippen LogP contribution in [0.25, 0.3) is 0 Å². The SMILES string of the molecule is CC/C=C\C/C=C\C/C=C\C/C=C\C/C=C\C/C=C\CCC(=O)OC(COC(=O)CCCCCCCCCCCCC)COC1OC(CO)C(O)C(O)C1O. The van der Waals surface area contributed by atoms with Gasteiger partial charge in [-0.15, -0.1) is 0 Å². The van der Waals surface area contributed by atoms with Crippen LogP contribution in [0.5, 0.6) is 0 Å². The molecule has 0 amide bonds. The minimum Gasteiger partial charge on any atom is -0.462 e. The zero-order valence-electron chi connectivity index (χ0n) is 33.9. The van der Waals surface area contributed by atoms with Crippen molar-refractivity contribution >= 4 is 11.9 Å². The molecule has 0 aliphatic carbocycles. The third-order valence-corrected chi connectivity index (χ3v) is 9.12. The van der Waals surface area contributed by atoms with Crippen LogP contribution in [0.4, 0.5) is 0 Å². The molecule has 0 radical (unpaired) electrons. The van der Waals surface area contributed by atoms with Gasteiger partial charge in [-0.1, -0.05) is 151 Å². The summed E-state index contributed by atoms with van der Waals surface area (Å²) >= 11 is 0. The molecule has 1 aliphatic rings. The molecule has 0 saturated carbocycles. The topological polar surface area (TPSA) is 152 Å². The predicted octanol–water partition coefficient (Wildman–Crippen LogP) is 8.44. The molecule has 314 valence electrons. The molecule has 1 aliphatic heterocycles. The number of unbranched alkanes of at least 4 members (excludes halogenated alkanes) is 10. The standard InChI is InChI=1S/C45H74O10/c1-3-5-7-9-11-13-15-16-17-18-19-20-21-22-24-26-28-30-32-34-41(48)54-38(37-53-45-44(51)43(50)42(49)39(35-46)55-45)36-52-40(47)33-31-29-27-25-23-14-12-10-8-6-4-2/h5,7,11,13,16-17,19-20,22,24,28,30,38-39,42-46,49-51H,3-4,6,8-10,12,14-15,18,21,23,25-27,29,31-37H2,1-2H3/b7-5-,13-11-,17-16-,20-19-,24-22-,30-28-. The van der Waals surface area contributed by atoms with Crippen LogP contribution >= 0.6 is 0 Å². The van der Waals surface area contributed by atoms with Gasteiger partial charge in [0.05, 0.1) is 13.2 Å². The summed E-state index contributed by atoms with van der Waals surface area (Å²) in [5.74, 6) is -0.911. The molecule has 10 heteroatoms. The molecule has 1 rings (SSSR count). The van der Waals surface area contributed by atoms with Gasteiger partial charge in [-0.3, -0.25) is 9.59 Å². The lowest BCUT2D eigenvalue weighted by atomic mass is 9.99. The third kappa shape index (κ3) is 27.4. The molecule has 6 unspecified atom stereocenters. The van der Waals surface area contributed by atoms with Crippen molar-refractivity contribution in [1.82, 2.24) is 0 Å². The van der Waals surface area contributed by atoms with Crippen molar-refractivity contribution in [3.05, 3.63) is 72.9 Å². The highest BCUT2D eigenvalue weighted by Gasteiger charge is 2.44. The van der Waals surface area contributed by atoms with E-state index in [4.69, 9.17) is 18.9 Å². The number of carbonyl (C=O) groups is 2. The molecule has 10 nitrogen and oxygen atoms in total. The Morgan fingerprint density at radius 1 is 0.582 bits per heavy atom. The lowest BCUT2D eigenvalue weighted by Crippen LogP contribution is -2.59. The van der Waals surface area contributed by atoms with Crippen molar-refractivity contribution < 1.29 is 49.0 Å². The van der Waals surface area contributed by atoms with Gasteiger partial charge in [0, 0.05) is 12.8 Å². The number of aliphatic hydroxyl groups is 4. The van der Waals surface area contributed by atoms with Gasteiger partial charge in [0.1, 0.15) is 31.0 Å². The lowest BCUT2D eigenvalue weighted by Gasteiger charge is -2.39. The fourth-order valence-electron chi connectivity index (χ4n) is 5.80. The zero-order chi connectivity index (χ0) is 40.2. The van der Waals surface area contributed by atoms with Gasteiger partial charge < -0.3 is 39.4 Å². The summed E-state index contributed by atoms with van der Waals surface area (Å²) in [4.78, 5) is 25.2. The summed E-state index contributed by atoms with van der Waals surface area (Å²) in [5, 5.41) is 40.0. The van der Waals surface area contributed by atoms with E-state index in [0.717, 1.165) is 57.8 Å². The van der Waals surface area contributed by atoms with Crippen LogP contribution in [0.1, 0.15) is 142 Å². The van der Waals surface area contributed by atoms with E-state index in [1.807, 2.05) is 12.2 Å². The van der Waals surface area contributed by atoms with Crippen LogP contribution in [0.2, 0.25) is 0 Å². The maximum absolute atomic E-state index is 12.7. The molecule has 55 heavy (non-hydrogen) atoms. The second-order valence-corrected chi connectivity index (χ2v) is 14.1. The van der Waals surface area contributed by atoms with Crippen LogP contribution in [0.15, 0.2) is 72.9 Å². The molecule has 1 saturated heterocycles. The van der Waals surface area contributed by atoms with E-state index in [0.29, 0.717) is 12.8 Å². The smallest absolute Gasteiger partial charge is 0.306 e. The van der Waals surface area contributed by atoms with Gasteiger partial charge in [0.25, 0.3) is 0 Å². The lowest BCUT2D eigenvalue weighted by molar-refractivity contribution is -0.305. The quantitative estimate of drug-likeness (QED) is 0.0291. The number of esters is 2. The first-order valence-electron chi connectivity index (χ1n) is 21.0. The number of hydrogen-bond donors (Lipinski definition) is 4. The number of hydrogen-bond acceptors (Lipinski definition) is 10. The Hall–Kier alpha value is -2.86. The van der Waals surface area contributed by atoms with Gasteiger partial charge in [0.2, 0.25) is 0 Å². The van der Waals surface area contributed by atoms with Gasteiger partial charge in [0.15, 0.2) is 12.4 Å². The maximum Gasteiger partial charge on any atom is 0.306 e. The van der Waals surface area contributed by atoms with E-state index in [1.165, 1.54) is 44.9 Å². The zero-order valence-corrected chi connectivity index (χ0v) is 33.9. The number of ether oxygens (including phenoxy) is 4. The minimum atomic E-state index is -1.61. The molecule has 0 aromatic rings. The van der Waals surface area contributed by atoms with Crippen LogP contribution in [0, 0.1) is 0 Å². The highest BCUT2D eigenvalue weighted by molar-refractivity contribution is 5.70. The monoisotopic (exact) mass is 775 g/mol. The Morgan fingerprint density at radius 3 is 1.58 bits per heavy atom. The molecule has 0 aromatic heterocycles. The average molecular weight is 775 g/mol. The van der Waals surface area contributed by atoms with Crippen molar-refractivity contribution in [2.24, 2.45) is 0 Å². The van der Waals surface area contributed by atoms with Gasteiger partial charge in [-0.2, -0.15) is 0 Å². The van der Waals surface area contributed by atoms with E-state index in [2.05, 4.69) is 74.6 Å². The highest BCUT2D eigenvalue weighted by Crippen LogP contribution is 2.22. The molecule has 6 atom stereocenters. The Balaban J connectivity index is 2.43. The van der Waals surface area contributed by atoms with Crippen molar-refractivity contribution in [1.29, 1.82) is 0 Å². The molecular formula is C45H74O10. The number of rotatable bonds is 33. The first-order valence-corrected chi connectivity index (χ1v) is 21.0. The summed E-state index contributed by atoms with van der Waals surface area (Å²) in [6.07, 6.45) is 36.4. The summed E-state index contributed by atoms with van der Waals surface area (Å²) < 4.78 is 22.0. The minimum absolute atomic E-state index is 0.103. The number of aliphatic hydroxyl groups excluding tert-OH is 4. The fraction of sp³-hybridized carbons (Fsp3) is 0.689. The molecular weight excluding hydrogens is 700 g/mol. The van der Waals surface area contributed by atoms with E-state index in [1.54, 1.807) is 0 Å². The fourth-order valence-corrected chi connectivity index (χ4v) is 5.80. The highest BCUT2D eigenvalue weighted by atomic mass is 16.7. The van der Waals surface area contributed by atoms with Crippen LogP contribution in [-0.4, -0.2) is 89.0 Å². The Bertz CT molecular complexity index is 1120. The molecule has 0 bridgehead atoms. The van der Waals surface area contributed by atoms with Crippen molar-refractivity contribution in [3.63, 3.8) is 0 Å². The summed E-state index contributed by atoms with van der Waals surface area (Å²) in [6, 6.07) is 0. The molecule has 1 fully saturated rings. The van der Waals surface area contributed by atoms with E-state index < -0.39 is 55.4 Å². The van der Waals surface area contributed by atoms with Gasteiger partial charge in [-0.25, -0.2) is 0 Å². The Labute approximate surface area is 332 Å². The van der Waals surface area contributed by atoms with Gasteiger partial charge in [-0.05, 0) is 51.4 Å². The predicted molar refractivity (Wildman–Crippen MR) is 219 cm³/mol. The molecule has 0 aromatic carbocycles. The Kier molecular flexibility index (Phi) is 32.4. The second kappa shape index (κ2) is 35.5. The second-order valence-electron chi connectivity index (χ2n) is 14.1. The molecule has 1 heterocycles.